The molecule has 0 fully saturated rings. The van der Waals surface area contributed by atoms with Gasteiger partial charge in [0.05, 0.1) is 12.3 Å². The first-order valence-corrected chi connectivity index (χ1v) is 7.53. The molecule has 0 aliphatic heterocycles. The minimum absolute atomic E-state index is 0.692. The number of pyridine rings is 1. The van der Waals surface area contributed by atoms with E-state index in [-0.39, 0.29) is 0 Å². The van der Waals surface area contributed by atoms with E-state index in [0.717, 1.165) is 34.6 Å². The number of rotatable bonds is 7. The SMILES string of the molecule is COCCNCc1c(Sc2ncc[nH]2)nc2ccccn12. The highest BCUT2D eigenvalue weighted by Crippen LogP contribution is 2.28. The molecule has 21 heavy (non-hydrogen) atoms. The zero-order valence-electron chi connectivity index (χ0n) is 11.7. The normalized spacial score (nSPS) is 11.3. The topological polar surface area (TPSA) is 67.2 Å². The average Bonchev–Trinajstić information content (AvgIpc) is 3.12. The lowest BCUT2D eigenvalue weighted by atomic mass is 10.4. The van der Waals surface area contributed by atoms with Crippen LogP contribution < -0.4 is 5.32 Å². The highest BCUT2D eigenvalue weighted by atomic mass is 32.2. The number of fused-ring (bicyclic) bond motifs is 1. The van der Waals surface area contributed by atoms with Gasteiger partial charge in [-0.05, 0) is 23.9 Å². The summed E-state index contributed by atoms with van der Waals surface area (Å²) >= 11 is 1.54. The second kappa shape index (κ2) is 6.75. The van der Waals surface area contributed by atoms with Gasteiger partial charge in [0.1, 0.15) is 10.7 Å². The van der Waals surface area contributed by atoms with Gasteiger partial charge in [-0.3, -0.25) is 0 Å². The van der Waals surface area contributed by atoms with Crippen molar-refractivity contribution in [3.63, 3.8) is 0 Å². The van der Waals surface area contributed by atoms with E-state index >= 15 is 0 Å². The fourth-order valence-corrected chi connectivity index (χ4v) is 2.90. The van der Waals surface area contributed by atoms with Crippen molar-refractivity contribution in [3.8, 4) is 0 Å². The molecule has 0 saturated carbocycles. The maximum Gasteiger partial charge on any atom is 0.171 e. The van der Waals surface area contributed by atoms with Gasteiger partial charge in [-0.15, -0.1) is 0 Å². The van der Waals surface area contributed by atoms with Crippen LogP contribution in [0.3, 0.4) is 0 Å². The van der Waals surface area contributed by atoms with Gasteiger partial charge in [-0.25, -0.2) is 9.97 Å². The van der Waals surface area contributed by atoms with Crippen molar-refractivity contribution in [1.29, 1.82) is 0 Å². The van der Waals surface area contributed by atoms with E-state index in [4.69, 9.17) is 4.74 Å². The summed E-state index contributed by atoms with van der Waals surface area (Å²) < 4.78 is 7.16. The zero-order valence-corrected chi connectivity index (χ0v) is 12.6. The van der Waals surface area contributed by atoms with Crippen molar-refractivity contribution in [2.75, 3.05) is 20.3 Å². The molecule has 3 rings (SSSR count). The highest BCUT2D eigenvalue weighted by molar-refractivity contribution is 7.99. The van der Waals surface area contributed by atoms with Crippen LogP contribution in [-0.4, -0.2) is 39.6 Å². The van der Waals surface area contributed by atoms with Crippen molar-refractivity contribution in [3.05, 3.63) is 42.5 Å². The first kappa shape index (κ1) is 14.1. The number of nitrogens with one attached hydrogen (secondary N) is 2. The summed E-state index contributed by atoms with van der Waals surface area (Å²) in [5.74, 6) is 0. The molecule has 0 bridgehead atoms. The lowest BCUT2D eigenvalue weighted by Crippen LogP contribution is -2.19. The van der Waals surface area contributed by atoms with E-state index < -0.39 is 0 Å². The molecule has 0 amide bonds. The molecule has 0 aromatic carbocycles. The van der Waals surface area contributed by atoms with Crippen LogP contribution in [0, 0.1) is 0 Å². The molecule has 0 radical (unpaired) electrons. The molecule has 0 unspecified atom stereocenters. The molecular formula is C14H17N5OS. The highest BCUT2D eigenvalue weighted by Gasteiger charge is 2.13. The van der Waals surface area contributed by atoms with Crippen LogP contribution >= 0.6 is 11.8 Å². The van der Waals surface area contributed by atoms with Crippen LogP contribution in [0.25, 0.3) is 5.65 Å². The van der Waals surface area contributed by atoms with Crippen LogP contribution in [0.4, 0.5) is 0 Å². The fourth-order valence-electron chi connectivity index (χ4n) is 2.05. The van der Waals surface area contributed by atoms with Gasteiger partial charge in [0, 0.05) is 38.8 Å². The number of imidazole rings is 2. The first-order chi connectivity index (χ1) is 10.4. The maximum absolute atomic E-state index is 5.06. The number of nitrogens with zero attached hydrogens (tertiary/aromatic N) is 3. The third-order valence-corrected chi connectivity index (χ3v) is 3.97. The molecule has 0 aliphatic rings. The quantitative estimate of drug-likeness (QED) is 0.653. The maximum atomic E-state index is 5.06. The second-order valence-corrected chi connectivity index (χ2v) is 5.44. The molecule has 3 aromatic rings. The lowest BCUT2D eigenvalue weighted by Gasteiger charge is -2.06. The van der Waals surface area contributed by atoms with E-state index in [1.165, 1.54) is 0 Å². The van der Waals surface area contributed by atoms with Crippen molar-refractivity contribution in [2.45, 2.75) is 16.7 Å². The molecule has 3 aromatic heterocycles. The predicted molar refractivity (Wildman–Crippen MR) is 81.5 cm³/mol. The number of ether oxygens (including phenoxy) is 1. The van der Waals surface area contributed by atoms with Crippen LogP contribution in [0.2, 0.25) is 0 Å². The van der Waals surface area contributed by atoms with Crippen molar-refractivity contribution >= 4 is 17.4 Å². The second-order valence-electron chi connectivity index (χ2n) is 4.46. The molecule has 6 nitrogen and oxygen atoms in total. The Kier molecular flexibility index (Phi) is 4.54. The molecule has 110 valence electrons. The fraction of sp³-hybridized carbons (Fsp3) is 0.286. The Bertz CT molecular complexity index is 695. The molecular weight excluding hydrogens is 286 g/mol. The van der Waals surface area contributed by atoms with Gasteiger partial charge >= 0.3 is 0 Å². The Balaban J connectivity index is 1.86. The smallest absolute Gasteiger partial charge is 0.171 e. The van der Waals surface area contributed by atoms with Crippen LogP contribution in [0.1, 0.15) is 5.69 Å². The van der Waals surface area contributed by atoms with Gasteiger partial charge in [-0.1, -0.05) is 6.07 Å². The van der Waals surface area contributed by atoms with E-state index in [2.05, 4.69) is 24.7 Å². The standard InChI is InChI=1S/C14H17N5OS/c1-20-9-7-15-10-11-13(21-14-16-5-6-17-14)18-12-4-2-3-8-19(11)12/h2-6,8,15H,7,9-10H2,1H3,(H,16,17). The summed E-state index contributed by atoms with van der Waals surface area (Å²) in [6, 6.07) is 6.01. The summed E-state index contributed by atoms with van der Waals surface area (Å²) in [7, 11) is 1.70. The zero-order chi connectivity index (χ0) is 14.5. The monoisotopic (exact) mass is 303 g/mol. The van der Waals surface area contributed by atoms with Crippen molar-refractivity contribution in [1.82, 2.24) is 24.7 Å². The third kappa shape index (κ3) is 3.26. The van der Waals surface area contributed by atoms with Crippen molar-refractivity contribution in [2.24, 2.45) is 0 Å². The Morgan fingerprint density at radius 3 is 3.19 bits per heavy atom. The molecule has 0 saturated heterocycles. The van der Waals surface area contributed by atoms with Gasteiger partial charge in [0.15, 0.2) is 5.16 Å². The lowest BCUT2D eigenvalue weighted by molar-refractivity contribution is 0.199. The Labute approximate surface area is 127 Å². The van der Waals surface area contributed by atoms with Gasteiger partial charge in [0.25, 0.3) is 0 Å². The minimum atomic E-state index is 0.692. The Morgan fingerprint density at radius 1 is 1.43 bits per heavy atom. The number of aromatic amines is 1. The van der Waals surface area contributed by atoms with Crippen LogP contribution in [-0.2, 0) is 11.3 Å². The van der Waals surface area contributed by atoms with E-state index in [0.29, 0.717) is 6.61 Å². The summed E-state index contributed by atoms with van der Waals surface area (Å²) in [5, 5.41) is 5.17. The van der Waals surface area contributed by atoms with E-state index in [1.54, 1.807) is 25.1 Å². The number of H-pyrrole nitrogens is 1. The predicted octanol–water partition coefficient (Wildman–Crippen LogP) is 1.94. The summed E-state index contributed by atoms with van der Waals surface area (Å²) in [6.07, 6.45) is 5.59. The summed E-state index contributed by atoms with van der Waals surface area (Å²) in [5.41, 5.74) is 2.07. The number of hydrogen-bond donors (Lipinski definition) is 2. The molecule has 0 aliphatic carbocycles. The Morgan fingerprint density at radius 2 is 2.38 bits per heavy atom. The summed E-state index contributed by atoms with van der Waals surface area (Å²) in [6.45, 7) is 2.23. The van der Waals surface area contributed by atoms with Gasteiger partial charge in [0.2, 0.25) is 0 Å². The molecule has 7 heteroatoms. The van der Waals surface area contributed by atoms with Gasteiger partial charge < -0.3 is 19.4 Å². The van der Waals surface area contributed by atoms with Crippen LogP contribution in [0.15, 0.2) is 47.0 Å². The molecule has 0 spiro atoms. The number of methoxy groups -OCH3 is 1. The minimum Gasteiger partial charge on any atom is -0.383 e. The van der Waals surface area contributed by atoms with E-state index in [1.807, 2.05) is 30.6 Å². The molecule has 0 atom stereocenters. The molecule has 3 heterocycles. The first-order valence-electron chi connectivity index (χ1n) is 6.71. The molecule has 2 N–H and O–H groups in total. The Hall–Kier alpha value is -1.83. The largest absolute Gasteiger partial charge is 0.383 e. The number of hydrogen-bond acceptors (Lipinski definition) is 5. The third-order valence-electron chi connectivity index (χ3n) is 3.03. The van der Waals surface area contributed by atoms with E-state index in [9.17, 15) is 0 Å². The number of aromatic nitrogens is 4. The van der Waals surface area contributed by atoms with Crippen molar-refractivity contribution < 1.29 is 4.74 Å². The summed E-state index contributed by atoms with van der Waals surface area (Å²) in [4.78, 5) is 12.0. The van der Waals surface area contributed by atoms with Gasteiger partial charge in [-0.2, -0.15) is 0 Å². The average molecular weight is 303 g/mol. The van der Waals surface area contributed by atoms with Crippen LogP contribution in [0.5, 0.6) is 0 Å².